The Bertz CT molecular complexity index is 861. The molecule has 0 saturated heterocycles. The van der Waals surface area contributed by atoms with E-state index < -0.39 is 10.0 Å². The maximum absolute atomic E-state index is 12.6. The molecule has 2 aromatic rings. The lowest BCUT2D eigenvalue weighted by molar-refractivity contribution is 0.0939. The zero-order valence-electron chi connectivity index (χ0n) is 14.7. The van der Waals surface area contributed by atoms with Gasteiger partial charge in [-0.15, -0.1) is 0 Å². The largest absolute Gasteiger partial charge is 0.497 e. The van der Waals surface area contributed by atoms with Crippen LogP contribution in [0.1, 0.15) is 34.5 Å². The minimum absolute atomic E-state index is 0.204. The van der Waals surface area contributed by atoms with Gasteiger partial charge in [-0.05, 0) is 49.2 Å². The third-order valence-electron chi connectivity index (χ3n) is 3.84. The van der Waals surface area contributed by atoms with Gasteiger partial charge in [0.1, 0.15) is 5.75 Å². The van der Waals surface area contributed by atoms with Crippen LogP contribution < -0.4 is 14.8 Å². The van der Waals surface area contributed by atoms with Crippen LogP contribution >= 0.6 is 0 Å². The number of rotatable bonds is 6. The maximum atomic E-state index is 12.6. The second kappa shape index (κ2) is 7.57. The van der Waals surface area contributed by atoms with Crippen molar-refractivity contribution in [3.05, 3.63) is 59.2 Å². The van der Waals surface area contributed by atoms with Crippen LogP contribution in [0.5, 0.6) is 5.75 Å². The highest BCUT2D eigenvalue weighted by molar-refractivity contribution is 7.92. The molecular weight excluding hydrogens is 340 g/mol. The molecule has 1 atom stereocenters. The number of nitrogens with one attached hydrogen (secondary N) is 2. The average Bonchev–Trinajstić information content (AvgIpc) is 2.55. The summed E-state index contributed by atoms with van der Waals surface area (Å²) in [7, 11) is -1.81. The topological polar surface area (TPSA) is 84.5 Å². The number of hydrogen-bond acceptors (Lipinski definition) is 4. The fourth-order valence-electron chi connectivity index (χ4n) is 2.44. The van der Waals surface area contributed by atoms with Gasteiger partial charge in [-0.3, -0.25) is 9.52 Å². The molecule has 0 aromatic heterocycles. The molecule has 0 aliphatic carbocycles. The van der Waals surface area contributed by atoms with Gasteiger partial charge in [-0.1, -0.05) is 18.2 Å². The van der Waals surface area contributed by atoms with E-state index >= 15 is 0 Å². The number of carbonyl (C=O) groups is 1. The predicted octanol–water partition coefficient (Wildman–Crippen LogP) is 2.87. The minimum Gasteiger partial charge on any atom is -0.497 e. The molecule has 0 unspecified atom stereocenters. The molecular formula is C18H22N2O4S. The monoisotopic (exact) mass is 362 g/mol. The van der Waals surface area contributed by atoms with Gasteiger partial charge in [0.2, 0.25) is 10.0 Å². The number of sulfonamides is 1. The van der Waals surface area contributed by atoms with Gasteiger partial charge in [0.25, 0.3) is 5.91 Å². The normalized spacial score (nSPS) is 12.3. The van der Waals surface area contributed by atoms with Gasteiger partial charge in [-0.2, -0.15) is 0 Å². The van der Waals surface area contributed by atoms with Crippen molar-refractivity contribution in [1.29, 1.82) is 0 Å². The number of methoxy groups -OCH3 is 1. The van der Waals surface area contributed by atoms with E-state index in [-0.39, 0.29) is 11.9 Å². The van der Waals surface area contributed by atoms with Crippen LogP contribution in [0, 0.1) is 6.92 Å². The summed E-state index contributed by atoms with van der Waals surface area (Å²) >= 11 is 0. The number of ether oxygens (including phenoxy) is 1. The molecule has 0 heterocycles. The van der Waals surface area contributed by atoms with Crippen molar-refractivity contribution in [2.45, 2.75) is 19.9 Å². The summed E-state index contributed by atoms with van der Waals surface area (Å²) in [6.45, 7) is 3.59. The molecule has 134 valence electrons. The third kappa shape index (κ3) is 4.96. The van der Waals surface area contributed by atoms with Gasteiger partial charge in [0, 0.05) is 5.56 Å². The first kappa shape index (κ1) is 18.8. The van der Waals surface area contributed by atoms with Gasteiger partial charge < -0.3 is 10.1 Å². The van der Waals surface area contributed by atoms with E-state index in [1.165, 1.54) is 0 Å². The Morgan fingerprint density at radius 2 is 1.76 bits per heavy atom. The molecule has 0 saturated carbocycles. The first-order chi connectivity index (χ1) is 11.7. The second-order valence-corrected chi connectivity index (χ2v) is 7.57. The van der Waals surface area contributed by atoms with Crippen LogP contribution in [0.15, 0.2) is 42.5 Å². The Balaban J connectivity index is 2.18. The molecule has 2 rings (SSSR count). The van der Waals surface area contributed by atoms with Crippen molar-refractivity contribution in [1.82, 2.24) is 5.32 Å². The van der Waals surface area contributed by atoms with Crippen LogP contribution in [-0.2, 0) is 10.0 Å². The molecule has 6 nitrogen and oxygen atoms in total. The maximum Gasteiger partial charge on any atom is 0.252 e. The van der Waals surface area contributed by atoms with E-state index in [1.54, 1.807) is 32.2 Å². The molecule has 0 aliphatic rings. The molecule has 2 N–H and O–H groups in total. The van der Waals surface area contributed by atoms with E-state index in [2.05, 4.69) is 10.0 Å². The van der Waals surface area contributed by atoms with Crippen LogP contribution in [0.2, 0.25) is 0 Å². The van der Waals surface area contributed by atoms with Crippen LogP contribution in [0.25, 0.3) is 0 Å². The highest BCUT2D eigenvalue weighted by atomic mass is 32.2. The predicted molar refractivity (Wildman–Crippen MR) is 98.5 cm³/mol. The summed E-state index contributed by atoms with van der Waals surface area (Å²) in [4.78, 5) is 12.6. The Kier molecular flexibility index (Phi) is 5.69. The first-order valence-corrected chi connectivity index (χ1v) is 9.62. The van der Waals surface area contributed by atoms with Crippen LogP contribution in [0.3, 0.4) is 0 Å². The van der Waals surface area contributed by atoms with Crippen molar-refractivity contribution in [2.24, 2.45) is 0 Å². The summed E-state index contributed by atoms with van der Waals surface area (Å²) in [5, 5.41) is 2.92. The summed E-state index contributed by atoms with van der Waals surface area (Å²) in [6.07, 6.45) is 1.07. The van der Waals surface area contributed by atoms with E-state index in [0.29, 0.717) is 16.8 Å². The zero-order chi connectivity index (χ0) is 18.6. The minimum atomic E-state index is -3.41. The van der Waals surface area contributed by atoms with E-state index in [9.17, 15) is 13.2 Å². The zero-order valence-corrected chi connectivity index (χ0v) is 15.5. The highest BCUT2D eigenvalue weighted by Gasteiger charge is 2.16. The Morgan fingerprint density at radius 1 is 1.12 bits per heavy atom. The quantitative estimate of drug-likeness (QED) is 0.827. The molecule has 7 heteroatoms. The van der Waals surface area contributed by atoms with Crippen molar-refractivity contribution in [3.63, 3.8) is 0 Å². The Morgan fingerprint density at radius 3 is 2.32 bits per heavy atom. The number of carbonyl (C=O) groups excluding carboxylic acids is 1. The van der Waals surface area contributed by atoms with Gasteiger partial charge in [-0.25, -0.2) is 8.42 Å². The molecule has 25 heavy (non-hydrogen) atoms. The number of amides is 1. The van der Waals surface area contributed by atoms with E-state index in [0.717, 1.165) is 17.6 Å². The van der Waals surface area contributed by atoms with Crippen molar-refractivity contribution < 1.29 is 17.9 Å². The first-order valence-electron chi connectivity index (χ1n) is 7.73. The highest BCUT2D eigenvalue weighted by Crippen LogP contribution is 2.22. The second-order valence-electron chi connectivity index (χ2n) is 5.82. The SMILES string of the molecule is COc1ccc([C@@H](C)NC(=O)c2cccc(NS(C)(=O)=O)c2C)cc1. The van der Waals surface area contributed by atoms with Crippen molar-refractivity contribution >= 4 is 21.6 Å². The lowest BCUT2D eigenvalue weighted by Gasteiger charge is -2.17. The smallest absolute Gasteiger partial charge is 0.252 e. The number of benzene rings is 2. The molecule has 0 fully saturated rings. The fourth-order valence-corrected chi connectivity index (χ4v) is 3.06. The number of anilines is 1. The van der Waals surface area contributed by atoms with E-state index in [1.807, 2.05) is 31.2 Å². The van der Waals surface area contributed by atoms with Crippen LogP contribution in [-0.4, -0.2) is 27.7 Å². The van der Waals surface area contributed by atoms with Crippen molar-refractivity contribution in [3.8, 4) is 5.75 Å². The van der Waals surface area contributed by atoms with Gasteiger partial charge in [0.15, 0.2) is 0 Å². The van der Waals surface area contributed by atoms with E-state index in [4.69, 9.17) is 4.74 Å². The lowest BCUT2D eigenvalue weighted by Crippen LogP contribution is -2.27. The molecule has 0 bridgehead atoms. The van der Waals surface area contributed by atoms with Gasteiger partial charge in [0.05, 0.1) is 25.1 Å². The molecule has 0 aliphatic heterocycles. The molecule has 0 radical (unpaired) electrons. The Labute approximate surface area is 148 Å². The van der Waals surface area contributed by atoms with Crippen LogP contribution in [0.4, 0.5) is 5.69 Å². The fraction of sp³-hybridized carbons (Fsp3) is 0.278. The number of hydrogen-bond donors (Lipinski definition) is 2. The standard InChI is InChI=1S/C18H22N2O4S/c1-12-16(6-5-7-17(12)20-25(4,22)23)18(21)19-13(2)14-8-10-15(24-3)11-9-14/h5-11,13,20H,1-4H3,(H,19,21)/t13-/m1/s1. The molecule has 0 spiro atoms. The summed E-state index contributed by atoms with van der Waals surface area (Å²) < 4.78 is 30.4. The molecule has 1 amide bonds. The molecule has 2 aromatic carbocycles. The summed E-state index contributed by atoms with van der Waals surface area (Å²) in [5.41, 5.74) is 2.34. The average molecular weight is 362 g/mol. The summed E-state index contributed by atoms with van der Waals surface area (Å²) in [6, 6.07) is 12.2. The summed E-state index contributed by atoms with van der Waals surface area (Å²) in [5.74, 6) is 0.482. The third-order valence-corrected chi connectivity index (χ3v) is 4.43. The Hall–Kier alpha value is -2.54. The van der Waals surface area contributed by atoms with Gasteiger partial charge >= 0.3 is 0 Å². The lowest BCUT2D eigenvalue weighted by atomic mass is 10.0. The van der Waals surface area contributed by atoms with Crippen molar-refractivity contribution in [2.75, 3.05) is 18.1 Å².